The van der Waals surface area contributed by atoms with Gasteiger partial charge in [0, 0.05) is 11.8 Å². The first kappa shape index (κ1) is 17.0. The zero-order chi connectivity index (χ0) is 17.5. The highest BCUT2D eigenvalue weighted by atomic mass is 16.5. The summed E-state index contributed by atoms with van der Waals surface area (Å²) in [6.45, 7) is 0.674. The van der Waals surface area contributed by atoms with Gasteiger partial charge < -0.3 is 15.8 Å². The molecule has 1 fully saturated rings. The van der Waals surface area contributed by atoms with E-state index in [1.165, 1.54) is 32.1 Å². The number of nitriles is 1. The van der Waals surface area contributed by atoms with Crippen LogP contribution in [0.5, 0.6) is 5.88 Å². The number of nitrogen functional groups attached to an aromatic ring is 1. The van der Waals surface area contributed by atoms with Crippen LogP contribution in [-0.4, -0.2) is 16.6 Å². The Hall–Kier alpha value is -2.81. The number of rotatable bonds is 6. The molecule has 0 radical (unpaired) electrons. The van der Waals surface area contributed by atoms with Crippen LogP contribution in [-0.2, 0) is 6.42 Å². The van der Waals surface area contributed by atoms with Crippen molar-refractivity contribution in [1.29, 1.82) is 5.26 Å². The molecule has 3 rings (SSSR count). The largest absolute Gasteiger partial charge is 0.477 e. The average Bonchev–Trinajstić information content (AvgIpc) is 2.61. The molecule has 0 bridgehead atoms. The van der Waals surface area contributed by atoms with Gasteiger partial charge in [-0.1, -0.05) is 31.4 Å². The van der Waals surface area contributed by atoms with E-state index in [9.17, 15) is 0 Å². The van der Waals surface area contributed by atoms with Crippen molar-refractivity contribution in [3.05, 3.63) is 35.9 Å². The molecule has 1 saturated carbocycles. The average molecular weight is 337 g/mol. The molecule has 0 spiro atoms. The van der Waals surface area contributed by atoms with Crippen LogP contribution in [0.2, 0.25) is 0 Å². The molecule has 1 aromatic carbocycles. The highest BCUT2D eigenvalue weighted by molar-refractivity contribution is 5.56. The number of anilines is 3. The lowest BCUT2D eigenvalue weighted by Gasteiger charge is -2.21. The van der Waals surface area contributed by atoms with Crippen LogP contribution in [0.15, 0.2) is 30.3 Å². The first-order valence-corrected chi connectivity index (χ1v) is 8.73. The summed E-state index contributed by atoms with van der Waals surface area (Å²) in [5.41, 5.74) is 7.64. The lowest BCUT2D eigenvalue weighted by molar-refractivity contribution is 0.203. The van der Waals surface area contributed by atoms with Crippen LogP contribution in [0, 0.1) is 17.2 Å². The Morgan fingerprint density at radius 1 is 1.20 bits per heavy atom. The van der Waals surface area contributed by atoms with E-state index in [-0.39, 0.29) is 0 Å². The van der Waals surface area contributed by atoms with Gasteiger partial charge in [0.05, 0.1) is 19.1 Å². The normalized spacial score (nSPS) is 14.7. The van der Waals surface area contributed by atoms with E-state index in [0.717, 1.165) is 11.3 Å². The third kappa shape index (κ3) is 5.08. The SMILES string of the molecule is N#CCc1cccc(Nc2nc(N)cc(OCC3CCCCC3)n2)c1. The van der Waals surface area contributed by atoms with E-state index >= 15 is 0 Å². The van der Waals surface area contributed by atoms with Gasteiger partial charge in [-0.25, -0.2) is 0 Å². The van der Waals surface area contributed by atoms with Crippen molar-refractivity contribution in [2.24, 2.45) is 5.92 Å². The second-order valence-electron chi connectivity index (χ2n) is 6.43. The molecule has 1 aromatic heterocycles. The van der Waals surface area contributed by atoms with Gasteiger partial charge in [-0.2, -0.15) is 15.2 Å². The maximum atomic E-state index is 8.81. The van der Waals surface area contributed by atoms with E-state index in [1.54, 1.807) is 6.07 Å². The summed E-state index contributed by atoms with van der Waals surface area (Å²) >= 11 is 0. The minimum absolute atomic E-state index is 0.364. The highest BCUT2D eigenvalue weighted by Crippen LogP contribution is 2.25. The Morgan fingerprint density at radius 2 is 2.04 bits per heavy atom. The number of nitrogens with one attached hydrogen (secondary N) is 1. The Kier molecular flexibility index (Phi) is 5.68. The Bertz CT molecular complexity index is 750. The topological polar surface area (TPSA) is 96.9 Å². The second kappa shape index (κ2) is 8.34. The first-order chi connectivity index (χ1) is 12.2. The van der Waals surface area contributed by atoms with Crippen molar-refractivity contribution in [3.63, 3.8) is 0 Å². The van der Waals surface area contributed by atoms with Gasteiger partial charge in [-0.3, -0.25) is 0 Å². The molecular weight excluding hydrogens is 314 g/mol. The number of nitrogens with two attached hydrogens (primary N) is 1. The minimum Gasteiger partial charge on any atom is -0.477 e. The zero-order valence-electron chi connectivity index (χ0n) is 14.2. The lowest BCUT2D eigenvalue weighted by atomic mass is 9.90. The third-order valence-corrected chi connectivity index (χ3v) is 4.38. The van der Waals surface area contributed by atoms with E-state index in [4.69, 9.17) is 15.7 Å². The zero-order valence-corrected chi connectivity index (χ0v) is 14.2. The molecule has 0 amide bonds. The number of ether oxygens (including phenoxy) is 1. The van der Waals surface area contributed by atoms with Gasteiger partial charge in [0.15, 0.2) is 0 Å². The van der Waals surface area contributed by atoms with Crippen LogP contribution >= 0.6 is 0 Å². The van der Waals surface area contributed by atoms with Crippen molar-refractivity contribution in [3.8, 4) is 11.9 Å². The lowest BCUT2D eigenvalue weighted by Crippen LogP contribution is -2.16. The molecule has 130 valence electrons. The summed E-state index contributed by atoms with van der Waals surface area (Å²) in [5.74, 6) is 1.86. The van der Waals surface area contributed by atoms with Gasteiger partial charge >= 0.3 is 0 Å². The molecule has 6 heteroatoms. The summed E-state index contributed by atoms with van der Waals surface area (Å²) in [5, 5.41) is 11.9. The number of benzene rings is 1. The van der Waals surface area contributed by atoms with Crippen LogP contribution in [0.3, 0.4) is 0 Å². The van der Waals surface area contributed by atoms with Gasteiger partial charge in [-0.15, -0.1) is 0 Å². The smallest absolute Gasteiger partial charge is 0.232 e. The molecule has 0 unspecified atom stereocenters. The molecular formula is C19H23N5O. The summed E-state index contributed by atoms with van der Waals surface area (Å²) in [6, 6.07) is 11.4. The fourth-order valence-corrected chi connectivity index (χ4v) is 3.11. The highest BCUT2D eigenvalue weighted by Gasteiger charge is 2.15. The van der Waals surface area contributed by atoms with E-state index in [2.05, 4.69) is 21.4 Å². The van der Waals surface area contributed by atoms with Gasteiger partial charge in [0.25, 0.3) is 0 Å². The van der Waals surface area contributed by atoms with Crippen LogP contribution in [0.25, 0.3) is 0 Å². The Morgan fingerprint density at radius 3 is 2.84 bits per heavy atom. The van der Waals surface area contributed by atoms with Crippen molar-refractivity contribution >= 4 is 17.5 Å². The predicted octanol–water partition coefficient (Wildman–Crippen LogP) is 3.83. The number of hydrogen-bond acceptors (Lipinski definition) is 6. The van der Waals surface area contributed by atoms with Gasteiger partial charge in [0.2, 0.25) is 11.8 Å². The molecule has 1 heterocycles. The maximum Gasteiger partial charge on any atom is 0.232 e. The van der Waals surface area contributed by atoms with Crippen molar-refractivity contribution < 1.29 is 4.74 Å². The standard InChI is InChI=1S/C19H23N5O/c20-10-9-14-7-4-8-16(11-14)22-19-23-17(21)12-18(24-19)25-13-15-5-2-1-3-6-15/h4,7-8,11-12,15H,1-3,5-6,9,13H2,(H3,21,22,23,24). The minimum atomic E-state index is 0.364. The van der Waals surface area contributed by atoms with Gasteiger partial charge in [-0.05, 0) is 36.5 Å². The summed E-state index contributed by atoms with van der Waals surface area (Å²) in [7, 11) is 0. The maximum absolute atomic E-state index is 8.81. The van der Waals surface area contributed by atoms with Crippen LogP contribution in [0.4, 0.5) is 17.5 Å². The molecule has 25 heavy (non-hydrogen) atoms. The quantitative estimate of drug-likeness (QED) is 0.831. The Balaban J connectivity index is 1.66. The fourth-order valence-electron chi connectivity index (χ4n) is 3.11. The molecule has 6 nitrogen and oxygen atoms in total. The molecule has 0 aliphatic heterocycles. The molecule has 0 atom stereocenters. The number of aromatic nitrogens is 2. The summed E-state index contributed by atoms with van der Waals surface area (Å²) in [4.78, 5) is 8.61. The van der Waals surface area contributed by atoms with Crippen LogP contribution in [0.1, 0.15) is 37.7 Å². The van der Waals surface area contributed by atoms with Crippen molar-refractivity contribution in [1.82, 2.24) is 9.97 Å². The van der Waals surface area contributed by atoms with E-state index in [0.29, 0.717) is 36.6 Å². The fraction of sp³-hybridized carbons (Fsp3) is 0.421. The summed E-state index contributed by atoms with van der Waals surface area (Å²) in [6.07, 6.45) is 6.70. The second-order valence-corrected chi connectivity index (χ2v) is 6.43. The number of nitrogens with zero attached hydrogens (tertiary/aromatic N) is 3. The molecule has 1 aliphatic rings. The third-order valence-electron chi connectivity index (χ3n) is 4.38. The van der Waals surface area contributed by atoms with Gasteiger partial charge in [0.1, 0.15) is 5.82 Å². The summed E-state index contributed by atoms with van der Waals surface area (Å²) < 4.78 is 5.85. The van der Waals surface area contributed by atoms with Crippen molar-refractivity contribution in [2.45, 2.75) is 38.5 Å². The molecule has 3 N–H and O–H groups in total. The van der Waals surface area contributed by atoms with E-state index < -0.39 is 0 Å². The Labute approximate surface area is 148 Å². The molecule has 1 aliphatic carbocycles. The van der Waals surface area contributed by atoms with Crippen molar-refractivity contribution in [2.75, 3.05) is 17.7 Å². The molecule has 2 aromatic rings. The monoisotopic (exact) mass is 337 g/mol. The first-order valence-electron chi connectivity index (χ1n) is 8.73. The van der Waals surface area contributed by atoms with Crippen LogP contribution < -0.4 is 15.8 Å². The molecule has 0 saturated heterocycles. The predicted molar refractivity (Wildman–Crippen MR) is 97.6 cm³/mol. The van der Waals surface area contributed by atoms with E-state index in [1.807, 2.05) is 24.3 Å². The number of hydrogen-bond donors (Lipinski definition) is 2.